The predicted molar refractivity (Wildman–Crippen MR) is 122 cm³/mol. The minimum atomic E-state index is 0.168. The van der Waals surface area contributed by atoms with Gasteiger partial charge in [-0.1, -0.05) is 90.4 Å². The molecule has 0 spiro atoms. The van der Waals surface area contributed by atoms with E-state index in [-0.39, 0.29) is 12.0 Å². The van der Waals surface area contributed by atoms with E-state index in [1.54, 1.807) is 0 Å². The standard InChI is InChI=1S/C23H46N4/c1-5-7-8-9-10-11-12-13-14-17-21(4)27-22(20(3)16-6-2)18-15-19-26-23(24)25/h22,27H,3-19H2,1-2H3,(H4,24,25,26). The van der Waals surface area contributed by atoms with Gasteiger partial charge in [-0.05, 0) is 32.1 Å². The van der Waals surface area contributed by atoms with Crippen LogP contribution in [0.1, 0.15) is 104 Å². The van der Waals surface area contributed by atoms with Crippen molar-refractivity contribution in [3.05, 3.63) is 24.4 Å². The molecule has 0 aliphatic heterocycles. The molecular weight excluding hydrogens is 332 g/mol. The molecule has 1 unspecified atom stereocenters. The maximum absolute atomic E-state index is 5.40. The zero-order valence-corrected chi connectivity index (χ0v) is 18.2. The number of hydrogen-bond donors (Lipinski definition) is 3. The zero-order chi connectivity index (χ0) is 20.3. The summed E-state index contributed by atoms with van der Waals surface area (Å²) in [5.41, 5.74) is 13.2. The van der Waals surface area contributed by atoms with Crippen molar-refractivity contribution in [1.82, 2.24) is 5.32 Å². The Morgan fingerprint density at radius 1 is 0.815 bits per heavy atom. The number of hydrogen-bond acceptors (Lipinski definition) is 2. The number of guanidine groups is 1. The summed E-state index contributed by atoms with van der Waals surface area (Å²) in [6, 6.07) is 0.283. The van der Waals surface area contributed by atoms with Crippen LogP contribution in [0.15, 0.2) is 29.4 Å². The van der Waals surface area contributed by atoms with Gasteiger partial charge in [0.2, 0.25) is 0 Å². The average molecular weight is 379 g/mol. The number of nitrogens with one attached hydrogen (secondary N) is 1. The summed E-state index contributed by atoms with van der Waals surface area (Å²) >= 11 is 0. The predicted octanol–water partition coefficient (Wildman–Crippen LogP) is 5.79. The molecule has 0 amide bonds. The normalized spacial score (nSPS) is 11.8. The Hall–Kier alpha value is -1.45. The van der Waals surface area contributed by atoms with E-state index < -0.39 is 0 Å². The van der Waals surface area contributed by atoms with E-state index in [4.69, 9.17) is 11.5 Å². The Morgan fingerprint density at radius 2 is 1.41 bits per heavy atom. The van der Waals surface area contributed by atoms with Crippen molar-refractivity contribution in [2.45, 2.75) is 110 Å². The molecule has 0 rings (SSSR count). The van der Waals surface area contributed by atoms with Crippen molar-refractivity contribution in [3.8, 4) is 0 Å². The lowest BCUT2D eigenvalue weighted by Crippen LogP contribution is -2.30. The Balaban J connectivity index is 3.99. The fourth-order valence-electron chi connectivity index (χ4n) is 3.34. The zero-order valence-electron chi connectivity index (χ0n) is 18.2. The van der Waals surface area contributed by atoms with Gasteiger partial charge in [-0.3, -0.25) is 4.99 Å². The van der Waals surface area contributed by atoms with Crippen LogP contribution in [0.4, 0.5) is 0 Å². The van der Waals surface area contributed by atoms with Crippen LogP contribution in [0.2, 0.25) is 0 Å². The highest BCUT2D eigenvalue weighted by molar-refractivity contribution is 5.75. The molecule has 0 aliphatic rings. The van der Waals surface area contributed by atoms with Crippen molar-refractivity contribution >= 4 is 5.96 Å². The molecule has 0 aromatic carbocycles. The van der Waals surface area contributed by atoms with E-state index in [0.717, 1.165) is 37.8 Å². The largest absolute Gasteiger partial charge is 0.382 e. The second-order valence-electron chi connectivity index (χ2n) is 7.74. The van der Waals surface area contributed by atoms with Crippen LogP contribution < -0.4 is 16.8 Å². The van der Waals surface area contributed by atoms with E-state index in [0.29, 0.717) is 6.54 Å². The first-order valence-corrected chi connectivity index (χ1v) is 11.2. The van der Waals surface area contributed by atoms with Crippen molar-refractivity contribution in [1.29, 1.82) is 0 Å². The SMILES string of the molecule is C=C(CCCCCCCCCCC)NC(CCCN=C(N)N)C(=C)CCC. The minimum absolute atomic E-state index is 0.168. The number of nitrogens with two attached hydrogens (primary N) is 2. The van der Waals surface area contributed by atoms with Crippen molar-refractivity contribution in [2.24, 2.45) is 16.5 Å². The quantitative estimate of drug-likeness (QED) is 0.115. The molecule has 0 aromatic heterocycles. The number of allylic oxidation sites excluding steroid dienone is 1. The van der Waals surface area contributed by atoms with Gasteiger partial charge in [0.05, 0.1) is 0 Å². The Kier molecular flexibility index (Phi) is 17.0. The molecule has 158 valence electrons. The lowest BCUT2D eigenvalue weighted by atomic mass is 9.98. The maximum atomic E-state index is 5.40. The van der Waals surface area contributed by atoms with E-state index in [1.807, 2.05) is 0 Å². The highest BCUT2D eigenvalue weighted by Gasteiger charge is 2.12. The molecule has 0 heterocycles. The second kappa shape index (κ2) is 17.9. The molecule has 0 fully saturated rings. The van der Waals surface area contributed by atoms with E-state index >= 15 is 0 Å². The first-order valence-electron chi connectivity index (χ1n) is 11.2. The van der Waals surface area contributed by atoms with Gasteiger partial charge in [-0.2, -0.15) is 0 Å². The van der Waals surface area contributed by atoms with Crippen LogP contribution in [0.5, 0.6) is 0 Å². The van der Waals surface area contributed by atoms with Gasteiger partial charge in [0.15, 0.2) is 5.96 Å². The summed E-state index contributed by atoms with van der Waals surface area (Å²) in [7, 11) is 0. The fraction of sp³-hybridized carbons (Fsp3) is 0.783. The van der Waals surface area contributed by atoms with Crippen LogP contribution in [0, 0.1) is 0 Å². The molecule has 0 radical (unpaired) electrons. The van der Waals surface area contributed by atoms with E-state index in [9.17, 15) is 0 Å². The lowest BCUT2D eigenvalue weighted by Gasteiger charge is -2.23. The highest BCUT2D eigenvalue weighted by atomic mass is 15.0. The van der Waals surface area contributed by atoms with Gasteiger partial charge >= 0.3 is 0 Å². The second-order valence-corrected chi connectivity index (χ2v) is 7.74. The maximum Gasteiger partial charge on any atom is 0.185 e. The topological polar surface area (TPSA) is 76.4 Å². The van der Waals surface area contributed by atoms with Gasteiger partial charge in [-0.25, -0.2) is 0 Å². The molecule has 4 nitrogen and oxygen atoms in total. The molecule has 0 bridgehead atoms. The van der Waals surface area contributed by atoms with Crippen molar-refractivity contribution < 1.29 is 0 Å². The molecular formula is C23H46N4. The summed E-state index contributed by atoms with van der Waals surface area (Å²) in [6.45, 7) is 13.7. The Morgan fingerprint density at radius 3 is 1.96 bits per heavy atom. The Labute approximate surface area is 169 Å². The summed E-state index contributed by atoms with van der Waals surface area (Å²) in [5.74, 6) is 0.168. The van der Waals surface area contributed by atoms with Crippen molar-refractivity contribution in [3.63, 3.8) is 0 Å². The van der Waals surface area contributed by atoms with Crippen LogP contribution in [-0.4, -0.2) is 18.5 Å². The number of nitrogens with zero attached hydrogens (tertiary/aromatic N) is 1. The fourth-order valence-corrected chi connectivity index (χ4v) is 3.34. The van der Waals surface area contributed by atoms with Crippen LogP contribution in [-0.2, 0) is 0 Å². The molecule has 27 heavy (non-hydrogen) atoms. The highest BCUT2D eigenvalue weighted by Crippen LogP contribution is 2.17. The number of unbranched alkanes of at least 4 members (excludes halogenated alkanes) is 8. The third kappa shape index (κ3) is 16.4. The third-order valence-corrected chi connectivity index (χ3v) is 4.97. The Bertz CT molecular complexity index is 411. The number of rotatable bonds is 19. The summed E-state index contributed by atoms with van der Waals surface area (Å²) < 4.78 is 0. The summed E-state index contributed by atoms with van der Waals surface area (Å²) in [5, 5.41) is 3.61. The molecule has 0 saturated heterocycles. The van der Waals surface area contributed by atoms with Crippen molar-refractivity contribution in [2.75, 3.05) is 6.54 Å². The molecule has 0 saturated carbocycles. The van der Waals surface area contributed by atoms with Gasteiger partial charge in [-0.15, -0.1) is 0 Å². The van der Waals surface area contributed by atoms with Crippen LogP contribution in [0.25, 0.3) is 0 Å². The summed E-state index contributed by atoms with van der Waals surface area (Å²) in [6.07, 6.45) is 17.4. The number of aliphatic imine (C=N–C) groups is 1. The lowest BCUT2D eigenvalue weighted by molar-refractivity contribution is 0.527. The van der Waals surface area contributed by atoms with E-state index in [2.05, 4.69) is 37.3 Å². The van der Waals surface area contributed by atoms with Gasteiger partial charge in [0.25, 0.3) is 0 Å². The average Bonchev–Trinajstić information content (AvgIpc) is 2.62. The molecule has 1 atom stereocenters. The van der Waals surface area contributed by atoms with E-state index in [1.165, 1.54) is 63.4 Å². The molecule has 4 heteroatoms. The van der Waals surface area contributed by atoms with Gasteiger partial charge in [0.1, 0.15) is 0 Å². The van der Waals surface area contributed by atoms with Crippen LogP contribution >= 0.6 is 0 Å². The summed E-state index contributed by atoms with van der Waals surface area (Å²) in [4.78, 5) is 4.07. The van der Waals surface area contributed by atoms with Crippen LogP contribution in [0.3, 0.4) is 0 Å². The first-order chi connectivity index (χ1) is 13.0. The molecule has 0 aliphatic carbocycles. The van der Waals surface area contributed by atoms with Gasteiger partial charge < -0.3 is 16.8 Å². The smallest absolute Gasteiger partial charge is 0.185 e. The van der Waals surface area contributed by atoms with Gasteiger partial charge in [0, 0.05) is 18.3 Å². The first kappa shape index (κ1) is 25.6. The molecule has 0 aromatic rings. The molecule has 5 N–H and O–H groups in total. The third-order valence-electron chi connectivity index (χ3n) is 4.97. The monoisotopic (exact) mass is 378 g/mol. The minimum Gasteiger partial charge on any atom is -0.382 e.